The molecule has 2 fully saturated rings. The van der Waals surface area contributed by atoms with E-state index in [0.717, 1.165) is 49.1 Å². The van der Waals surface area contributed by atoms with Crippen molar-refractivity contribution < 1.29 is 14.3 Å². The average molecular weight is 413 g/mol. The van der Waals surface area contributed by atoms with Crippen LogP contribution in [0.1, 0.15) is 25.5 Å². The minimum Gasteiger partial charge on any atom is -0.450 e. The molecule has 0 aliphatic carbocycles. The van der Waals surface area contributed by atoms with Crippen molar-refractivity contribution >= 4 is 35.1 Å². The van der Waals surface area contributed by atoms with Crippen LogP contribution < -0.4 is 0 Å². The Balaban J connectivity index is 1.45. The van der Waals surface area contributed by atoms with Crippen molar-refractivity contribution in [1.29, 1.82) is 0 Å². The van der Waals surface area contributed by atoms with E-state index in [9.17, 15) is 9.59 Å². The van der Waals surface area contributed by atoms with Crippen molar-refractivity contribution in [2.45, 2.75) is 37.1 Å². The molecule has 0 aromatic carbocycles. The first-order valence-corrected chi connectivity index (χ1v) is 11.4. The third kappa shape index (κ3) is 5.58. The van der Waals surface area contributed by atoms with Gasteiger partial charge in [0.05, 0.1) is 12.4 Å². The van der Waals surface area contributed by atoms with Gasteiger partial charge in [-0.3, -0.25) is 9.69 Å². The maximum atomic E-state index is 12.6. The van der Waals surface area contributed by atoms with E-state index in [0.29, 0.717) is 31.5 Å². The number of thioether (sulfide) groups is 1. The van der Waals surface area contributed by atoms with E-state index in [1.807, 2.05) is 24.1 Å². The largest absolute Gasteiger partial charge is 0.450 e. The number of aryl methyl sites for hydroxylation is 1. The molecule has 3 rings (SSSR count). The average Bonchev–Trinajstić information content (AvgIpc) is 3.12. The minimum absolute atomic E-state index is 0.197. The van der Waals surface area contributed by atoms with Gasteiger partial charge in [0.25, 0.3) is 0 Å². The van der Waals surface area contributed by atoms with Crippen LogP contribution in [0.3, 0.4) is 0 Å². The maximum Gasteiger partial charge on any atom is 0.409 e. The molecule has 0 bridgehead atoms. The first-order chi connectivity index (χ1) is 13.1. The summed E-state index contributed by atoms with van der Waals surface area (Å²) < 4.78 is 6.05. The SMILES string of the molecule is CCOC(=O)N1CCN([C@@H]2CCCN(C(=O)CSc3nc(C)cs3)C2)CC1. The second-order valence-electron chi connectivity index (χ2n) is 6.90. The lowest BCUT2D eigenvalue weighted by molar-refractivity contribution is -0.130. The van der Waals surface area contributed by atoms with Crippen molar-refractivity contribution in [3.8, 4) is 0 Å². The summed E-state index contributed by atoms with van der Waals surface area (Å²) in [6.07, 6.45) is 1.93. The van der Waals surface area contributed by atoms with E-state index in [4.69, 9.17) is 4.74 Å². The monoisotopic (exact) mass is 412 g/mol. The molecule has 27 heavy (non-hydrogen) atoms. The number of piperazine rings is 1. The molecule has 2 saturated heterocycles. The number of carbonyl (C=O) groups is 2. The zero-order valence-corrected chi connectivity index (χ0v) is 17.7. The Kier molecular flexibility index (Phi) is 7.37. The Morgan fingerprint density at radius 2 is 2.04 bits per heavy atom. The zero-order chi connectivity index (χ0) is 19.2. The molecule has 0 spiro atoms. The van der Waals surface area contributed by atoms with Crippen LogP contribution in [0.25, 0.3) is 0 Å². The summed E-state index contributed by atoms with van der Waals surface area (Å²) in [7, 11) is 0. The van der Waals surface area contributed by atoms with Crippen molar-refractivity contribution in [3.05, 3.63) is 11.1 Å². The fraction of sp³-hybridized carbons (Fsp3) is 0.722. The molecule has 0 unspecified atom stereocenters. The number of ether oxygens (including phenoxy) is 1. The van der Waals surface area contributed by atoms with E-state index in [1.54, 1.807) is 16.2 Å². The molecule has 7 nitrogen and oxygen atoms in total. The molecule has 0 saturated carbocycles. The van der Waals surface area contributed by atoms with E-state index in [1.165, 1.54) is 11.8 Å². The first kappa shape index (κ1) is 20.4. The third-order valence-corrected chi connectivity index (χ3v) is 7.15. The highest BCUT2D eigenvalue weighted by Crippen LogP contribution is 2.24. The summed E-state index contributed by atoms with van der Waals surface area (Å²) in [5.74, 6) is 0.652. The molecular weight excluding hydrogens is 384 g/mol. The molecule has 3 heterocycles. The highest BCUT2D eigenvalue weighted by atomic mass is 32.2. The highest BCUT2D eigenvalue weighted by Gasteiger charge is 2.31. The van der Waals surface area contributed by atoms with Crippen molar-refractivity contribution in [3.63, 3.8) is 0 Å². The molecule has 9 heteroatoms. The Labute approximate surface area is 169 Å². The van der Waals surface area contributed by atoms with Gasteiger partial charge in [-0.25, -0.2) is 9.78 Å². The highest BCUT2D eigenvalue weighted by molar-refractivity contribution is 8.01. The summed E-state index contributed by atoms with van der Waals surface area (Å²) in [4.78, 5) is 35.1. The lowest BCUT2D eigenvalue weighted by Crippen LogP contribution is -2.56. The molecule has 150 valence electrons. The molecule has 1 atom stereocenters. The normalized spacial score (nSPS) is 21.3. The molecule has 1 aromatic rings. The Morgan fingerprint density at radius 3 is 2.70 bits per heavy atom. The van der Waals surface area contributed by atoms with Gasteiger partial charge in [-0.05, 0) is 26.7 Å². The standard InChI is InChI=1S/C18H28N4O3S2/c1-3-25-18(24)21-9-7-20(8-10-21)15-5-4-6-22(11-15)16(23)13-27-17-19-14(2)12-26-17/h12,15H,3-11,13H2,1-2H3/t15-/m1/s1. The molecule has 0 radical (unpaired) electrons. The fourth-order valence-electron chi connectivity index (χ4n) is 3.58. The number of nitrogens with zero attached hydrogens (tertiary/aromatic N) is 4. The number of piperidine rings is 1. The minimum atomic E-state index is -0.216. The van der Waals surface area contributed by atoms with Gasteiger partial charge in [0.2, 0.25) is 5.91 Å². The van der Waals surface area contributed by atoms with Gasteiger partial charge >= 0.3 is 6.09 Å². The van der Waals surface area contributed by atoms with Gasteiger partial charge in [-0.15, -0.1) is 11.3 Å². The van der Waals surface area contributed by atoms with Gasteiger partial charge in [-0.2, -0.15) is 0 Å². The van der Waals surface area contributed by atoms with Gasteiger partial charge in [0.15, 0.2) is 4.34 Å². The molecule has 0 N–H and O–H groups in total. The number of hydrogen-bond acceptors (Lipinski definition) is 7. The number of hydrogen-bond donors (Lipinski definition) is 0. The molecule has 1 aromatic heterocycles. The van der Waals surface area contributed by atoms with E-state index < -0.39 is 0 Å². The van der Waals surface area contributed by atoms with Crippen molar-refractivity contribution in [1.82, 2.24) is 19.7 Å². The van der Waals surface area contributed by atoms with Gasteiger partial charge < -0.3 is 14.5 Å². The summed E-state index contributed by atoms with van der Waals surface area (Å²) in [6, 6.07) is 0.388. The summed E-state index contributed by atoms with van der Waals surface area (Å²) in [6.45, 7) is 8.93. The number of likely N-dealkylation sites (tertiary alicyclic amines) is 1. The van der Waals surface area contributed by atoms with Crippen LogP contribution in [0.15, 0.2) is 9.72 Å². The third-order valence-electron chi connectivity index (χ3n) is 5.02. The van der Waals surface area contributed by atoms with Gasteiger partial charge in [0.1, 0.15) is 0 Å². The van der Waals surface area contributed by atoms with E-state index >= 15 is 0 Å². The van der Waals surface area contributed by atoms with Crippen molar-refractivity contribution in [2.24, 2.45) is 0 Å². The lowest BCUT2D eigenvalue weighted by Gasteiger charge is -2.43. The number of carbonyl (C=O) groups excluding carboxylic acids is 2. The van der Waals surface area contributed by atoms with Crippen LogP contribution in [0, 0.1) is 6.92 Å². The molecular formula is C18H28N4O3S2. The summed E-state index contributed by atoms with van der Waals surface area (Å²) >= 11 is 3.13. The number of aromatic nitrogens is 1. The van der Waals surface area contributed by atoms with Crippen LogP contribution in [0.5, 0.6) is 0 Å². The summed E-state index contributed by atoms with van der Waals surface area (Å²) in [5.41, 5.74) is 1.01. The van der Waals surface area contributed by atoms with Crippen LogP contribution in [-0.2, 0) is 9.53 Å². The Hall–Kier alpha value is -1.32. The van der Waals surface area contributed by atoms with Gasteiger partial charge in [-0.1, -0.05) is 11.8 Å². The van der Waals surface area contributed by atoms with Crippen LogP contribution in [-0.4, -0.2) is 89.4 Å². The predicted molar refractivity (Wildman–Crippen MR) is 107 cm³/mol. The number of amides is 2. The van der Waals surface area contributed by atoms with E-state index in [2.05, 4.69) is 9.88 Å². The second kappa shape index (κ2) is 9.75. The smallest absolute Gasteiger partial charge is 0.409 e. The van der Waals surface area contributed by atoms with Crippen LogP contribution in [0.4, 0.5) is 4.79 Å². The van der Waals surface area contributed by atoms with Gasteiger partial charge in [0, 0.05) is 56.4 Å². The van der Waals surface area contributed by atoms with Crippen LogP contribution >= 0.6 is 23.1 Å². The Morgan fingerprint density at radius 1 is 1.26 bits per heavy atom. The second-order valence-corrected chi connectivity index (χ2v) is 8.98. The van der Waals surface area contributed by atoms with E-state index in [-0.39, 0.29) is 12.0 Å². The molecule has 2 amide bonds. The topological polar surface area (TPSA) is 66.0 Å². The fourth-order valence-corrected chi connectivity index (χ4v) is 5.33. The molecule has 2 aliphatic heterocycles. The van der Waals surface area contributed by atoms with Crippen LogP contribution in [0.2, 0.25) is 0 Å². The molecule has 2 aliphatic rings. The Bertz CT molecular complexity index is 646. The van der Waals surface area contributed by atoms with Crippen molar-refractivity contribution in [2.75, 3.05) is 51.6 Å². The predicted octanol–water partition coefficient (Wildman–Crippen LogP) is 2.31. The number of thiazole rings is 1. The summed E-state index contributed by atoms with van der Waals surface area (Å²) in [5, 5.41) is 2.01. The zero-order valence-electron chi connectivity index (χ0n) is 16.1. The first-order valence-electron chi connectivity index (χ1n) is 9.55. The number of rotatable bonds is 5. The quantitative estimate of drug-likeness (QED) is 0.692. The maximum absolute atomic E-state index is 12.6. The lowest BCUT2D eigenvalue weighted by atomic mass is 10.0.